The van der Waals surface area contributed by atoms with E-state index in [4.69, 9.17) is 10.3 Å². The highest BCUT2D eigenvalue weighted by molar-refractivity contribution is 6.00. The molecule has 0 unspecified atom stereocenters. The third-order valence-corrected chi connectivity index (χ3v) is 5.42. The third kappa shape index (κ3) is 3.97. The Labute approximate surface area is 188 Å². The fraction of sp³-hybridized carbons (Fsp3) is 0.318. The molecule has 3 heterocycles. The van der Waals surface area contributed by atoms with Crippen LogP contribution >= 0.6 is 0 Å². The van der Waals surface area contributed by atoms with E-state index in [0.717, 1.165) is 12.8 Å². The van der Waals surface area contributed by atoms with Gasteiger partial charge >= 0.3 is 6.03 Å². The van der Waals surface area contributed by atoms with Crippen molar-refractivity contribution in [3.63, 3.8) is 0 Å². The van der Waals surface area contributed by atoms with Crippen molar-refractivity contribution in [2.24, 2.45) is 0 Å². The lowest BCUT2D eigenvalue weighted by Gasteiger charge is -2.12. The van der Waals surface area contributed by atoms with E-state index in [1.165, 1.54) is 18.5 Å². The molecule has 170 valence electrons. The Bertz CT molecular complexity index is 1370. The first-order valence-electron chi connectivity index (χ1n) is 10.5. The van der Waals surface area contributed by atoms with Crippen molar-refractivity contribution in [3.8, 4) is 11.3 Å². The van der Waals surface area contributed by atoms with E-state index in [1.807, 2.05) is 25.5 Å². The number of nitrogens with one attached hydrogen (secondary N) is 2. The van der Waals surface area contributed by atoms with Crippen molar-refractivity contribution in [2.75, 3.05) is 16.4 Å². The number of rotatable bonds is 4. The summed E-state index contributed by atoms with van der Waals surface area (Å²) in [5, 5.41) is 14.2. The average molecular weight is 450 g/mol. The molecular formula is C22H23FN8O2. The van der Waals surface area contributed by atoms with Gasteiger partial charge in [-0.05, 0) is 25.0 Å². The Balaban J connectivity index is 1.38. The average Bonchev–Trinajstić information content (AvgIpc) is 3.34. The van der Waals surface area contributed by atoms with Crippen molar-refractivity contribution in [2.45, 2.75) is 45.1 Å². The van der Waals surface area contributed by atoms with E-state index in [2.05, 4.69) is 30.9 Å². The molecule has 3 aromatic heterocycles. The Hall–Kier alpha value is -4.02. The number of benzene rings is 1. The van der Waals surface area contributed by atoms with Crippen LogP contribution in [0.25, 0.3) is 22.3 Å². The van der Waals surface area contributed by atoms with Crippen LogP contribution in [0.3, 0.4) is 0 Å². The summed E-state index contributed by atoms with van der Waals surface area (Å²) in [6.45, 7) is 5.92. The molecule has 33 heavy (non-hydrogen) atoms. The number of halogens is 1. The first kappa shape index (κ1) is 20.9. The molecule has 10 nitrogen and oxygen atoms in total. The van der Waals surface area contributed by atoms with E-state index in [0.29, 0.717) is 28.0 Å². The highest BCUT2D eigenvalue weighted by Crippen LogP contribution is 2.40. The van der Waals surface area contributed by atoms with Crippen LogP contribution in [0.15, 0.2) is 35.1 Å². The summed E-state index contributed by atoms with van der Waals surface area (Å²) in [5.74, 6) is -0.173. The summed E-state index contributed by atoms with van der Waals surface area (Å²) in [4.78, 5) is 20.7. The van der Waals surface area contributed by atoms with Crippen LogP contribution in [0.2, 0.25) is 0 Å². The van der Waals surface area contributed by atoms with Crippen molar-refractivity contribution >= 4 is 34.5 Å². The van der Waals surface area contributed by atoms with Gasteiger partial charge in [0, 0.05) is 17.0 Å². The Morgan fingerprint density at radius 2 is 2.00 bits per heavy atom. The monoisotopic (exact) mass is 450 g/mol. The smallest absolute Gasteiger partial charge is 0.326 e. The van der Waals surface area contributed by atoms with Crippen LogP contribution < -0.4 is 16.4 Å². The Kier molecular flexibility index (Phi) is 4.76. The van der Waals surface area contributed by atoms with Crippen molar-refractivity contribution in [1.29, 1.82) is 0 Å². The summed E-state index contributed by atoms with van der Waals surface area (Å²) in [6, 6.07) is 5.67. The minimum absolute atomic E-state index is 0.00182. The van der Waals surface area contributed by atoms with Gasteiger partial charge in [0.25, 0.3) is 0 Å². The number of carbonyl (C=O) groups is 1. The summed E-state index contributed by atoms with van der Waals surface area (Å²) in [7, 11) is 0. The second-order valence-electron chi connectivity index (χ2n) is 9.08. The molecule has 0 aliphatic heterocycles. The number of urea groups is 1. The van der Waals surface area contributed by atoms with Gasteiger partial charge in [0.05, 0.1) is 22.8 Å². The molecule has 2 amide bonds. The van der Waals surface area contributed by atoms with Gasteiger partial charge in [0.2, 0.25) is 5.88 Å². The second-order valence-corrected chi connectivity index (χ2v) is 9.08. The van der Waals surface area contributed by atoms with Gasteiger partial charge in [-0.15, -0.1) is 0 Å². The number of aromatic nitrogens is 5. The number of nitrogens with two attached hydrogens (primary N) is 1. The molecule has 1 aromatic carbocycles. The summed E-state index contributed by atoms with van der Waals surface area (Å²) < 4.78 is 21.9. The molecule has 0 radical (unpaired) electrons. The molecule has 1 aliphatic carbocycles. The molecule has 1 fully saturated rings. The highest BCUT2D eigenvalue weighted by Gasteiger charge is 2.29. The molecule has 4 aromatic rings. The molecule has 1 saturated carbocycles. The topological polar surface area (TPSA) is 137 Å². The number of anilines is 3. The quantitative estimate of drug-likeness (QED) is 0.417. The normalized spacial score (nSPS) is 13.9. The SMILES string of the molecule is CC(C)(C)c1cc(NC(=O)Nc2ccc(-c3nn(C4CC4)c4ncnc(N)c34)cc2F)on1. The largest absolute Gasteiger partial charge is 0.383 e. The van der Waals surface area contributed by atoms with Crippen LogP contribution in [-0.4, -0.2) is 30.9 Å². The molecule has 0 atom stereocenters. The van der Waals surface area contributed by atoms with Crippen molar-refractivity contribution in [3.05, 3.63) is 42.1 Å². The van der Waals surface area contributed by atoms with Gasteiger partial charge < -0.3 is 15.6 Å². The molecule has 0 spiro atoms. The zero-order valence-corrected chi connectivity index (χ0v) is 18.4. The zero-order valence-electron chi connectivity index (χ0n) is 18.4. The number of amides is 2. The van der Waals surface area contributed by atoms with Crippen LogP contribution in [-0.2, 0) is 5.41 Å². The lowest BCUT2D eigenvalue weighted by Crippen LogP contribution is -2.20. The number of hydrogen-bond acceptors (Lipinski definition) is 7. The highest BCUT2D eigenvalue weighted by atomic mass is 19.1. The second kappa shape index (κ2) is 7.54. The lowest BCUT2D eigenvalue weighted by molar-refractivity contribution is 0.261. The third-order valence-electron chi connectivity index (χ3n) is 5.42. The fourth-order valence-corrected chi connectivity index (χ4v) is 3.49. The molecule has 0 bridgehead atoms. The standard InChI is InChI=1S/C22H23FN8O2/c1-22(2,3)15-9-16(33-30-15)28-21(32)27-14-7-4-11(8-13(14)23)18-17-19(24)25-10-26-20(17)31(29-18)12-5-6-12/h4,7-10,12H,5-6H2,1-3H3,(H2,24,25,26)(H2,27,28,32). The number of nitrogen functional groups attached to an aromatic ring is 1. The molecule has 5 rings (SSSR count). The maximum atomic E-state index is 14.9. The van der Waals surface area contributed by atoms with Gasteiger partial charge in [0.15, 0.2) is 5.65 Å². The van der Waals surface area contributed by atoms with Gasteiger partial charge in [-0.3, -0.25) is 5.32 Å². The van der Waals surface area contributed by atoms with Crippen LogP contribution in [0.4, 0.5) is 26.6 Å². The van der Waals surface area contributed by atoms with Crippen LogP contribution in [0.5, 0.6) is 0 Å². The molecular weight excluding hydrogens is 427 g/mol. The van der Waals surface area contributed by atoms with Gasteiger partial charge in [-0.1, -0.05) is 32.0 Å². The van der Waals surface area contributed by atoms with E-state index in [1.54, 1.807) is 12.1 Å². The van der Waals surface area contributed by atoms with E-state index in [-0.39, 0.29) is 28.8 Å². The van der Waals surface area contributed by atoms with E-state index >= 15 is 0 Å². The van der Waals surface area contributed by atoms with Crippen LogP contribution in [0, 0.1) is 5.82 Å². The van der Waals surface area contributed by atoms with Gasteiger partial charge in [-0.2, -0.15) is 5.10 Å². The molecule has 4 N–H and O–H groups in total. The number of fused-ring (bicyclic) bond motifs is 1. The zero-order chi connectivity index (χ0) is 23.3. The first-order chi connectivity index (χ1) is 15.7. The predicted octanol–water partition coefficient (Wildman–Crippen LogP) is 4.48. The maximum Gasteiger partial charge on any atom is 0.326 e. The van der Waals surface area contributed by atoms with E-state index in [9.17, 15) is 9.18 Å². The summed E-state index contributed by atoms with van der Waals surface area (Å²) in [5.41, 5.74) is 8.19. The lowest BCUT2D eigenvalue weighted by atomic mass is 9.92. The Morgan fingerprint density at radius 3 is 2.67 bits per heavy atom. The molecule has 1 aliphatic rings. The van der Waals surface area contributed by atoms with Gasteiger partial charge in [-0.25, -0.2) is 23.8 Å². The fourth-order valence-electron chi connectivity index (χ4n) is 3.49. The Morgan fingerprint density at radius 1 is 1.21 bits per heavy atom. The van der Waals surface area contributed by atoms with Crippen molar-refractivity contribution < 1.29 is 13.7 Å². The van der Waals surface area contributed by atoms with E-state index < -0.39 is 11.8 Å². The minimum atomic E-state index is -0.653. The molecule has 11 heteroatoms. The van der Waals surface area contributed by atoms with Gasteiger partial charge in [0.1, 0.15) is 23.7 Å². The number of carbonyl (C=O) groups excluding carboxylic acids is 1. The summed E-state index contributed by atoms with van der Waals surface area (Å²) in [6.07, 6.45) is 3.41. The minimum Gasteiger partial charge on any atom is -0.383 e. The maximum absolute atomic E-state index is 14.9. The van der Waals surface area contributed by atoms with Crippen LogP contribution in [0.1, 0.15) is 45.3 Å². The summed E-state index contributed by atoms with van der Waals surface area (Å²) >= 11 is 0. The molecule has 0 saturated heterocycles. The number of nitrogens with zero attached hydrogens (tertiary/aromatic N) is 5. The predicted molar refractivity (Wildman–Crippen MR) is 121 cm³/mol. The first-order valence-corrected chi connectivity index (χ1v) is 10.5. The number of hydrogen-bond donors (Lipinski definition) is 3. The van der Waals surface area contributed by atoms with Crippen molar-refractivity contribution in [1.82, 2.24) is 24.9 Å².